The van der Waals surface area contributed by atoms with Crippen LogP contribution in [0, 0.1) is 0 Å². The van der Waals surface area contributed by atoms with Gasteiger partial charge < -0.3 is 9.84 Å². The average molecular weight is 206 g/mol. The molecule has 0 bridgehead atoms. The van der Waals surface area contributed by atoms with Crippen molar-refractivity contribution < 1.29 is 14.6 Å². The summed E-state index contributed by atoms with van der Waals surface area (Å²) in [7, 11) is 0. The van der Waals surface area contributed by atoms with Gasteiger partial charge in [0, 0.05) is 20.1 Å². The maximum absolute atomic E-state index is 9.00. The average Bonchev–Trinajstić information content (AvgIpc) is 2.25. The lowest BCUT2D eigenvalue weighted by molar-refractivity contribution is -0.134. The SMILES string of the molecule is C1CCOCC1.CC.CC.CC(=O)O. The first-order chi connectivity index (χ1) is 6.73. The van der Waals surface area contributed by atoms with Crippen molar-refractivity contribution in [2.24, 2.45) is 0 Å². The number of carboxylic acids is 1. The molecule has 0 spiro atoms. The Balaban J connectivity index is -0.000000134. The summed E-state index contributed by atoms with van der Waals surface area (Å²) in [6.45, 7) is 11.1. The number of ether oxygens (including phenoxy) is 1. The molecule has 0 aromatic rings. The third-order valence-electron chi connectivity index (χ3n) is 1.08. The molecule has 0 saturated carbocycles. The minimum Gasteiger partial charge on any atom is -0.481 e. The van der Waals surface area contributed by atoms with Crippen molar-refractivity contribution in [3.8, 4) is 0 Å². The fraction of sp³-hybridized carbons (Fsp3) is 0.909. The first-order valence-electron chi connectivity index (χ1n) is 5.51. The summed E-state index contributed by atoms with van der Waals surface area (Å²) in [5.74, 6) is -0.833. The molecule has 0 aliphatic carbocycles. The van der Waals surface area contributed by atoms with Crippen LogP contribution >= 0.6 is 0 Å². The Hall–Kier alpha value is -0.570. The third kappa shape index (κ3) is 42.2. The van der Waals surface area contributed by atoms with E-state index in [0.29, 0.717) is 0 Å². The highest BCUT2D eigenvalue weighted by Crippen LogP contribution is 2.02. The molecule has 0 amide bonds. The van der Waals surface area contributed by atoms with Gasteiger partial charge in [0.2, 0.25) is 0 Å². The van der Waals surface area contributed by atoms with Crippen LogP contribution in [-0.2, 0) is 9.53 Å². The summed E-state index contributed by atoms with van der Waals surface area (Å²) in [4.78, 5) is 9.00. The molecule has 88 valence electrons. The minimum atomic E-state index is -0.833. The van der Waals surface area contributed by atoms with Crippen LogP contribution in [0.5, 0.6) is 0 Å². The predicted molar refractivity (Wildman–Crippen MR) is 60.7 cm³/mol. The van der Waals surface area contributed by atoms with E-state index in [1.165, 1.54) is 19.3 Å². The fourth-order valence-corrected chi connectivity index (χ4v) is 0.687. The van der Waals surface area contributed by atoms with Crippen molar-refractivity contribution >= 4 is 5.97 Å². The zero-order valence-corrected chi connectivity index (χ0v) is 10.3. The van der Waals surface area contributed by atoms with Crippen molar-refractivity contribution in [1.29, 1.82) is 0 Å². The van der Waals surface area contributed by atoms with Gasteiger partial charge in [-0.05, 0) is 19.3 Å². The van der Waals surface area contributed by atoms with Gasteiger partial charge >= 0.3 is 0 Å². The molecular formula is C11H26O3. The lowest BCUT2D eigenvalue weighted by Gasteiger charge is -2.08. The van der Waals surface area contributed by atoms with Gasteiger partial charge in [0.05, 0.1) is 0 Å². The smallest absolute Gasteiger partial charge is 0.300 e. The van der Waals surface area contributed by atoms with E-state index < -0.39 is 5.97 Å². The van der Waals surface area contributed by atoms with Gasteiger partial charge in [0.25, 0.3) is 5.97 Å². The summed E-state index contributed by atoms with van der Waals surface area (Å²) in [6, 6.07) is 0. The number of hydrogen-bond donors (Lipinski definition) is 1. The highest BCUT2D eigenvalue weighted by molar-refractivity contribution is 5.62. The quantitative estimate of drug-likeness (QED) is 0.661. The number of carbonyl (C=O) groups is 1. The van der Waals surface area contributed by atoms with Crippen molar-refractivity contribution in [3.63, 3.8) is 0 Å². The van der Waals surface area contributed by atoms with Gasteiger partial charge in [0.15, 0.2) is 0 Å². The number of aliphatic carboxylic acids is 1. The van der Waals surface area contributed by atoms with E-state index in [0.717, 1.165) is 20.1 Å². The van der Waals surface area contributed by atoms with E-state index >= 15 is 0 Å². The Labute approximate surface area is 88.5 Å². The lowest BCUT2D eigenvalue weighted by atomic mass is 10.2. The van der Waals surface area contributed by atoms with Crippen LogP contribution in [-0.4, -0.2) is 24.3 Å². The second-order valence-corrected chi connectivity index (χ2v) is 2.19. The fourth-order valence-electron chi connectivity index (χ4n) is 0.687. The van der Waals surface area contributed by atoms with Gasteiger partial charge in [-0.15, -0.1) is 0 Å². The number of hydrogen-bond acceptors (Lipinski definition) is 2. The van der Waals surface area contributed by atoms with Gasteiger partial charge in [-0.3, -0.25) is 4.79 Å². The monoisotopic (exact) mass is 206 g/mol. The normalized spacial score (nSPS) is 12.9. The molecule has 0 atom stereocenters. The van der Waals surface area contributed by atoms with E-state index in [-0.39, 0.29) is 0 Å². The Morgan fingerprint density at radius 1 is 1.00 bits per heavy atom. The maximum Gasteiger partial charge on any atom is 0.300 e. The van der Waals surface area contributed by atoms with Gasteiger partial charge in [-0.2, -0.15) is 0 Å². The van der Waals surface area contributed by atoms with Crippen molar-refractivity contribution in [2.75, 3.05) is 13.2 Å². The molecule has 3 heteroatoms. The molecule has 0 radical (unpaired) electrons. The molecule has 0 aromatic heterocycles. The molecule has 1 saturated heterocycles. The van der Waals surface area contributed by atoms with E-state index in [1.54, 1.807) is 0 Å². The standard InChI is InChI=1S/C5H10O.C2H4O2.2C2H6/c1-2-4-6-5-3-1;1-2(3)4;2*1-2/h1-5H2;1H3,(H,3,4);2*1-2H3. The predicted octanol–water partition coefficient (Wildman–Crippen LogP) is 3.33. The number of carboxylic acid groups (broad SMARTS) is 1. The van der Waals surface area contributed by atoms with Crippen LogP contribution in [0.3, 0.4) is 0 Å². The Morgan fingerprint density at radius 3 is 1.36 bits per heavy atom. The summed E-state index contributed by atoms with van der Waals surface area (Å²) >= 11 is 0. The molecule has 1 rings (SSSR count). The summed E-state index contributed by atoms with van der Waals surface area (Å²) < 4.78 is 5.07. The molecule has 1 aliphatic heterocycles. The van der Waals surface area contributed by atoms with Crippen LogP contribution in [0.4, 0.5) is 0 Å². The molecule has 14 heavy (non-hydrogen) atoms. The van der Waals surface area contributed by atoms with Crippen molar-refractivity contribution in [3.05, 3.63) is 0 Å². The second-order valence-electron chi connectivity index (χ2n) is 2.19. The summed E-state index contributed by atoms with van der Waals surface area (Å²) in [5.41, 5.74) is 0. The van der Waals surface area contributed by atoms with E-state index in [9.17, 15) is 0 Å². The van der Waals surface area contributed by atoms with Crippen LogP contribution < -0.4 is 0 Å². The highest BCUT2D eigenvalue weighted by atomic mass is 16.5. The molecule has 1 fully saturated rings. The van der Waals surface area contributed by atoms with Gasteiger partial charge in [0.1, 0.15) is 0 Å². The third-order valence-corrected chi connectivity index (χ3v) is 1.08. The second kappa shape index (κ2) is 22.9. The molecule has 0 aromatic carbocycles. The number of rotatable bonds is 0. The van der Waals surface area contributed by atoms with Gasteiger partial charge in [-0.1, -0.05) is 27.7 Å². The van der Waals surface area contributed by atoms with Crippen molar-refractivity contribution in [1.82, 2.24) is 0 Å². The first-order valence-corrected chi connectivity index (χ1v) is 5.51. The molecule has 0 unspecified atom stereocenters. The van der Waals surface area contributed by atoms with Crippen LogP contribution in [0.25, 0.3) is 0 Å². The van der Waals surface area contributed by atoms with E-state index in [2.05, 4.69) is 0 Å². The van der Waals surface area contributed by atoms with Crippen molar-refractivity contribution in [2.45, 2.75) is 53.9 Å². The molecular weight excluding hydrogens is 180 g/mol. The van der Waals surface area contributed by atoms with Crippen LogP contribution in [0.15, 0.2) is 0 Å². The van der Waals surface area contributed by atoms with E-state index in [1.807, 2.05) is 27.7 Å². The first kappa shape index (κ1) is 19.1. The molecule has 3 nitrogen and oxygen atoms in total. The lowest BCUT2D eigenvalue weighted by Crippen LogP contribution is -2.03. The minimum absolute atomic E-state index is 0.833. The Kier molecular flexibility index (Phi) is 31.1. The Morgan fingerprint density at radius 2 is 1.29 bits per heavy atom. The summed E-state index contributed by atoms with van der Waals surface area (Å²) in [6.07, 6.45) is 3.93. The molecule has 1 N–H and O–H groups in total. The summed E-state index contributed by atoms with van der Waals surface area (Å²) in [5, 5.41) is 7.42. The largest absolute Gasteiger partial charge is 0.481 e. The van der Waals surface area contributed by atoms with E-state index in [4.69, 9.17) is 14.6 Å². The zero-order chi connectivity index (χ0) is 11.8. The zero-order valence-electron chi connectivity index (χ0n) is 10.3. The van der Waals surface area contributed by atoms with Crippen LogP contribution in [0.2, 0.25) is 0 Å². The highest BCUT2D eigenvalue weighted by Gasteiger charge is 1.94. The van der Waals surface area contributed by atoms with Crippen LogP contribution in [0.1, 0.15) is 53.9 Å². The maximum atomic E-state index is 9.00. The topological polar surface area (TPSA) is 46.5 Å². The molecule has 1 aliphatic rings. The molecule has 1 heterocycles. The Bertz CT molecular complexity index is 73.0. The van der Waals surface area contributed by atoms with Gasteiger partial charge in [-0.25, -0.2) is 0 Å².